The maximum Gasteiger partial charge on any atom is 0.249 e. The fourth-order valence-corrected chi connectivity index (χ4v) is 3.08. The number of carbonyl (C=O) groups excluding carboxylic acids is 1. The Morgan fingerprint density at radius 3 is 2.89 bits per heavy atom. The van der Waals surface area contributed by atoms with Crippen LogP contribution in [0.15, 0.2) is 22.7 Å². The van der Waals surface area contributed by atoms with E-state index in [0.717, 1.165) is 29.7 Å². The van der Waals surface area contributed by atoms with Gasteiger partial charge in [0.1, 0.15) is 0 Å². The number of rotatable bonds is 3. The predicted octanol–water partition coefficient (Wildman–Crippen LogP) is 2.13. The molecule has 5 heteroatoms. The molecule has 3 N–H and O–H groups in total. The van der Waals surface area contributed by atoms with Crippen LogP contribution in [0.3, 0.4) is 0 Å². The molecule has 0 bridgehead atoms. The van der Waals surface area contributed by atoms with Crippen LogP contribution in [-0.2, 0) is 0 Å². The molecule has 4 nitrogen and oxygen atoms in total. The molecule has 1 aromatic carbocycles. The van der Waals surface area contributed by atoms with Crippen molar-refractivity contribution >= 4 is 27.5 Å². The fourth-order valence-electron chi connectivity index (χ4n) is 2.52. The third kappa shape index (κ3) is 3.48. The summed E-state index contributed by atoms with van der Waals surface area (Å²) in [7, 11) is 2.11. The van der Waals surface area contributed by atoms with E-state index in [0.29, 0.717) is 11.6 Å². The molecule has 19 heavy (non-hydrogen) atoms. The van der Waals surface area contributed by atoms with Gasteiger partial charge in [0.15, 0.2) is 0 Å². The summed E-state index contributed by atoms with van der Waals surface area (Å²) < 4.78 is 0.760. The van der Waals surface area contributed by atoms with Crippen molar-refractivity contribution < 1.29 is 4.79 Å². The first kappa shape index (κ1) is 14.3. The normalized spacial score (nSPS) is 19.8. The second kappa shape index (κ2) is 6.39. The van der Waals surface area contributed by atoms with Crippen LogP contribution in [0.4, 0.5) is 5.69 Å². The Morgan fingerprint density at radius 2 is 2.21 bits per heavy atom. The van der Waals surface area contributed by atoms with Gasteiger partial charge in [0.25, 0.3) is 0 Å². The van der Waals surface area contributed by atoms with Gasteiger partial charge in [0.05, 0.1) is 5.56 Å². The van der Waals surface area contributed by atoms with Crippen molar-refractivity contribution in [3.63, 3.8) is 0 Å². The number of benzene rings is 1. The number of carbonyl (C=O) groups is 1. The first-order valence-corrected chi connectivity index (χ1v) is 7.42. The van der Waals surface area contributed by atoms with E-state index in [9.17, 15) is 4.79 Å². The Kier molecular flexibility index (Phi) is 4.82. The van der Waals surface area contributed by atoms with Crippen LogP contribution >= 0.6 is 15.9 Å². The van der Waals surface area contributed by atoms with E-state index in [1.807, 2.05) is 12.1 Å². The van der Waals surface area contributed by atoms with Crippen molar-refractivity contribution in [1.29, 1.82) is 0 Å². The molecule has 0 aromatic heterocycles. The number of hydrogen-bond donors (Lipinski definition) is 2. The molecule has 0 saturated carbocycles. The molecular formula is C14H20BrN3O. The van der Waals surface area contributed by atoms with E-state index >= 15 is 0 Å². The number of nitrogens with one attached hydrogen (secondary N) is 1. The zero-order chi connectivity index (χ0) is 13.8. The lowest BCUT2D eigenvalue weighted by Crippen LogP contribution is -2.32. The summed E-state index contributed by atoms with van der Waals surface area (Å²) in [4.78, 5) is 13.5. The summed E-state index contributed by atoms with van der Waals surface area (Å²) in [6.07, 6.45) is 3.54. The number of anilines is 1. The lowest BCUT2D eigenvalue weighted by molar-refractivity contribution is 0.0999. The molecule has 1 aliphatic heterocycles. The van der Waals surface area contributed by atoms with E-state index in [1.165, 1.54) is 12.8 Å². The van der Waals surface area contributed by atoms with E-state index in [-0.39, 0.29) is 0 Å². The minimum atomic E-state index is -0.403. The Bertz CT molecular complexity index is 456. The highest BCUT2D eigenvalue weighted by molar-refractivity contribution is 9.10. The first-order chi connectivity index (χ1) is 9.09. The van der Waals surface area contributed by atoms with Crippen molar-refractivity contribution in [2.75, 3.05) is 25.0 Å². The smallest absolute Gasteiger partial charge is 0.249 e. The molecule has 1 unspecified atom stereocenters. The maximum atomic E-state index is 11.2. The van der Waals surface area contributed by atoms with Crippen LogP contribution in [0.1, 0.15) is 29.6 Å². The summed E-state index contributed by atoms with van der Waals surface area (Å²) in [5.41, 5.74) is 6.96. The average Bonchev–Trinajstić information content (AvgIpc) is 2.66. The van der Waals surface area contributed by atoms with Gasteiger partial charge < -0.3 is 16.0 Å². The third-order valence-electron chi connectivity index (χ3n) is 3.72. The predicted molar refractivity (Wildman–Crippen MR) is 81.6 cm³/mol. The van der Waals surface area contributed by atoms with Crippen LogP contribution in [0, 0.1) is 0 Å². The Labute approximate surface area is 122 Å². The molecule has 1 heterocycles. The van der Waals surface area contributed by atoms with Gasteiger partial charge in [-0.2, -0.15) is 0 Å². The number of nitrogens with two attached hydrogens (primary N) is 1. The van der Waals surface area contributed by atoms with Gasteiger partial charge in [-0.1, -0.05) is 0 Å². The lowest BCUT2D eigenvalue weighted by atomic mass is 10.1. The van der Waals surface area contributed by atoms with Crippen LogP contribution < -0.4 is 16.0 Å². The monoisotopic (exact) mass is 325 g/mol. The van der Waals surface area contributed by atoms with Gasteiger partial charge in [-0.3, -0.25) is 4.79 Å². The Hall–Kier alpha value is -1.07. The number of halogens is 1. The van der Waals surface area contributed by atoms with E-state index in [1.54, 1.807) is 6.07 Å². The van der Waals surface area contributed by atoms with Crippen molar-refractivity contribution in [3.8, 4) is 0 Å². The molecule has 2 rings (SSSR count). The second-order valence-electron chi connectivity index (χ2n) is 4.97. The molecule has 0 radical (unpaired) electrons. The van der Waals surface area contributed by atoms with Gasteiger partial charge in [-0.05, 0) is 66.5 Å². The summed E-state index contributed by atoms with van der Waals surface area (Å²) in [6.45, 7) is 2.17. The summed E-state index contributed by atoms with van der Waals surface area (Å²) in [5.74, 6) is -0.403. The molecule has 104 valence electrons. The quantitative estimate of drug-likeness (QED) is 0.895. The van der Waals surface area contributed by atoms with E-state index in [4.69, 9.17) is 5.73 Å². The highest BCUT2D eigenvalue weighted by Crippen LogP contribution is 2.26. The van der Waals surface area contributed by atoms with Crippen molar-refractivity contribution in [1.82, 2.24) is 5.32 Å². The molecule has 1 aliphatic rings. The van der Waals surface area contributed by atoms with E-state index in [2.05, 4.69) is 33.2 Å². The minimum Gasteiger partial charge on any atom is -0.372 e. The second-order valence-corrected chi connectivity index (χ2v) is 5.83. The SMILES string of the molecule is CN(c1ccc(C(N)=O)c(Br)c1)C1CCCNCC1. The minimum absolute atomic E-state index is 0.403. The number of primary amides is 1. The van der Waals surface area contributed by atoms with Crippen molar-refractivity contribution in [3.05, 3.63) is 28.2 Å². The third-order valence-corrected chi connectivity index (χ3v) is 4.37. The average molecular weight is 326 g/mol. The molecule has 1 fully saturated rings. The van der Waals surface area contributed by atoms with Crippen molar-refractivity contribution in [2.45, 2.75) is 25.3 Å². The van der Waals surface area contributed by atoms with Crippen LogP contribution in [0.5, 0.6) is 0 Å². The van der Waals surface area contributed by atoms with Crippen LogP contribution in [-0.4, -0.2) is 32.1 Å². The van der Waals surface area contributed by atoms with Gasteiger partial charge in [-0.15, -0.1) is 0 Å². The number of amides is 1. The van der Waals surface area contributed by atoms with E-state index < -0.39 is 5.91 Å². The molecule has 1 atom stereocenters. The summed E-state index contributed by atoms with van der Waals surface area (Å²) in [6, 6.07) is 6.26. The Morgan fingerprint density at radius 1 is 1.42 bits per heavy atom. The van der Waals surface area contributed by atoms with Gasteiger partial charge >= 0.3 is 0 Å². The number of hydrogen-bond acceptors (Lipinski definition) is 3. The lowest BCUT2D eigenvalue weighted by Gasteiger charge is -2.29. The van der Waals surface area contributed by atoms with Crippen LogP contribution in [0.2, 0.25) is 0 Å². The highest BCUT2D eigenvalue weighted by Gasteiger charge is 2.18. The molecule has 1 saturated heterocycles. The fraction of sp³-hybridized carbons (Fsp3) is 0.500. The van der Waals surface area contributed by atoms with Gasteiger partial charge in [0, 0.05) is 23.2 Å². The van der Waals surface area contributed by atoms with Gasteiger partial charge in [0.2, 0.25) is 5.91 Å². The standard InChI is InChI=1S/C14H20BrN3O/c1-18(10-3-2-7-17-8-6-10)11-4-5-12(14(16)19)13(15)9-11/h4-5,9-10,17H,2-3,6-8H2,1H3,(H2,16,19). The van der Waals surface area contributed by atoms with Crippen molar-refractivity contribution in [2.24, 2.45) is 5.73 Å². The first-order valence-electron chi connectivity index (χ1n) is 6.62. The molecular weight excluding hydrogens is 306 g/mol. The topological polar surface area (TPSA) is 58.4 Å². The Balaban J connectivity index is 2.16. The molecule has 1 amide bonds. The zero-order valence-electron chi connectivity index (χ0n) is 11.2. The summed E-state index contributed by atoms with van der Waals surface area (Å²) >= 11 is 3.42. The largest absolute Gasteiger partial charge is 0.372 e. The number of nitrogens with zero attached hydrogens (tertiary/aromatic N) is 1. The van der Waals surface area contributed by atoms with Crippen LogP contribution in [0.25, 0.3) is 0 Å². The molecule has 0 aliphatic carbocycles. The highest BCUT2D eigenvalue weighted by atomic mass is 79.9. The van der Waals surface area contributed by atoms with Gasteiger partial charge in [-0.25, -0.2) is 0 Å². The zero-order valence-corrected chi connectivity index (χ0v) is 12.7. The molecule has 1 aromatic rings. The summed E-state index contributed by atoms with van der Waals surface area (Å²) in [5, 5.41) is 3.42. The molecule has 0 spiro atoms. The maximum absolute atomic E-state index is 11.2.